The number of nitro benzene ring substituents is 1. The largest absolute Gasteiger partial charge is 0.496 e. The van der Waals surface area contributed by atoms with Gasteiger partial charge in [0, 0.05) is 7.05 Å². The van der Waals surface area contributed by atoms with E-state index < -0.39 is 11.0 Å². The van der Waals surface area contributed by atoms with Crippen LogP contribution < -0.4 is 19.5 Å². The number of urea groups is 1. The number of nitrogens with one attached hydrogen (secondary N) is 1. The Morgan fingerprint density at radius 1 is 1.33 bits per heavy atom. The number of hydrogen-bond acceptors (Lipinski definition) is 6. The summed E-state index contributed by atoms with van der Waals surface area (Å²) in [6.07, 6.45) is -0.346. The minimum atomic E-state index is -0.576. The number of anilines is 1. The summed E-state index contributed by atoms with van der Waals surface area (Å²) in [7, 11) is 2.99. The lowest BCUT2D eigenvalue weighted by Gasteiger charge is -2.29. The van der Waals surface area contributed by atoms with Crippen molar-refractivity contribution in [3.05, 3.63) is 52.6 Å². The highest BCUT2D eigenvalue weighted by molar-refractivity contribution is 5.91. The van der Waals surface area contributed by atoms with Gasteiger partial charge in [0.05, 0.1) is 24.6 Å². The molecule has 2 amide bonds. The lowest BCUT2D eigenvalue weighted by atomic mass is 10.2. The molecule has 1 heterocycles. The van der Waals surface area contributed by atoms with E-state index in [9.17, 15) is 14.9 Å². The number of amides is 2. The van der Waals surface area contributed by atoms with Crippen LogP contribution in [0.2, 0.25) is 0 Å². The molecular formula is C18H19N3O6. The fourth-order valence-corrected chi connectivity index (χ4v) is 2.65. The van der Waals surface area contributed by atoms with Crippen LogP contribution in [0.5, 0.6) is 17.2 Å². The molecule has 2 aromatic carbocycles. The Balaban J connectivity index is 1.64. The molecule has 0 aliphatic carbocycles. The molecule has 1 aliphatic heterocycles. The van der Waals surface area contributed by atoms with Crippen LogP contribution in [0.15, 0.2) is 42.5 Å². The fraction of sp³-hybridized carbons (Fsp3) is 0.278. The van der Waals surface area contributed by atoms with Crippen LogP contribution in [0.4, 0.5) is 16.2 Å². The van der Waals surface area contributed by atoms with Crippen molar-refractivity contribution in [1.82, 2.24) is 4.90 Å². The van der Waals surface area contributed by atoms with Crippen molar-refractivity contribution in [2.24, 2.45) is 0 Å². The highest BCUT2D eigenvalue weighted by Gasteiger charge is 2.25. The van der Waals surface area contributed by atoms with Crippen molar-refractivity contribution in [2.45, 2.75) is 6.10 Å². The number of fused-ring (bicyclic) bond motifs is 1. The zero-order valence-corrected chi connectivity index (χ0v) is 14.9. The number of carbonyl (C=O) groups is 1. The molecule has 27 heavy (non-hydrogen) atoms. The summed E-state index contributed by atoms with van der Waals surface area (Å²) in [5.41, 5.74) is -0.161. The quantitative estimate of drug-likeness (QED) is 0.638. The molecule has 9 nitrogen and oxygen atoms in total. The second kappa shape index (κ2) is 7.81. The first-order valence-corrected chi connectivity index (χ1v) is 8.21. The number of hydrogen-bond donors (Lipinski definition) is 1. The van der Waals surface area contributed by atoms with Gasteiger partial charge in [-0.15, -0.1) is 0 Å². The molecule has 1 atom stereocenters. The average molecular weight is 373 g/mol. The highest BCUT2D eigenvalue weighted by Crippen LogP contribution is 2.31. The minimum Gasteiger partial charge on any atom is -0.496 e. The van der Waals surface area contributed by atoms with E-state index in [1.165, 1.54) is 30.2 Å². The van der Waals surface area contributed by atoms with Gasteiger partial charge < -0.3 is 24.4 Å². The first kappa shape index (κ1) is 18.3. The molecule has 0 aromatic heterocycles. The smallest absolute Gasteiger partial charge is 0.321 e. The third-order valence-electron chi connectivity index (χ3n) is 4.03. The maximum absolute atomic E-state index is 12.4. The number of nitrogens with zero attached hydrogens (tertiary/aromatic N) is 2. The van der Waals surface area contributed by atoms with Gasteiger partial charge in [0.15, 0.2) is 17.6 Å². The van der Waals surface area contributed by atoms with E-state index in [-0.39, 0.29) is 24.0 Å². The molecule has 0 spiro atoms. The molecule has 0 bridgehead atoms. The van der Waals surface area contributed by atoms with Gasteiger partial charge in [-0.3, -0.25) is 10.1 Å². The standard InChI is InChI=1S/C18H19N3O6/c1-20(10-13-11-26-16-5-3-4-6-17(16)27-13)18(22)19-14-8-7-12(25-2)9-15(14)21(23)24/h3-9,13H,10-11H2,1-2H3,(H,19,22)/t13-/m0/s1. The molecule has 3 rings (SSSR count). The van der Waals surface area contributed by atoms with Gasteiger partial charge in [-0.25, -0.2) is 4.79 Å². The van der Waals surface area contributed by atoms with Gasteiger partial charge in [-0.05, 0) is 24.3 Å². The first-order chi connectivity index (χ1) is 13.0. The summed E-state index contributed by atoms with van der Waals surface area (Å²) in [5.74, 6) is 1.61. The molecule has 0 fully saturated rings. The van der Waals surface area contributed by atoms with Crippen molar-refractivity contribution >= 4 is 17.4 Å². The number of methoxy groups -OCH3 is 1. The Bertz CT molecular complexity index is 857. The Labute approximate surface area is 155 Å². The molecule has 0 saturated heterocycles. The lowest BCUT2D eigenvalue weighted by Crippen LogP contribution is -2.43. The number of nitro groups is 1. The highest BCUT2D eigenvalue weighted by atomic mass is 16.6. The molecule has 2 aromatic rings. The molecule has 9 heteroatoms. The maximum Gasteiger partial charge on any atom is 0.321 e. The Morgan fingerprint density at radius 3 is 2.78 bits per heavy atom. The van der Waals surface area contributed by atoms with Gasteiger partial charge in [0.25, 0.3) is 5.69 Å². The predicted octanol–water partition coefficient (Wildman–Crippen LogP) is 2.91. The first-order valence-electron chi connectivity index (χ1n) is 8.21. The lowest BCUT2D eigenvalue weighted by molar-refractivity contribution is -0.384. The molecule has 1 aliphatic rings. The van der Waals surface area contributed by atoms with Gasteiger partial charge in [0.2, 0.25) is 0 Å². The Morgan fingerprint density at radius 2 is 2.07 bits per heavy atom. The molecule has 0 radical (unpaired) electrons. The third kappa shape index (κ3) is 4.20. The second-order valence-corrected chi connectivity index (χ2v) is 5.95. The zero-order valence-electron chi connectivity index (χ0n) is 14.9. The zero-order chi connectivity index (χ0) is 19.4. The van der Waals surface area contributed by atoms with Crippen LogP contribution in [0.25, 0.3) is 0 Å². The molecule has 1 N–H and O–H groups in total. The van der Waals surface area contributed by atoms with Crippen LogP contribution in [0.3, 0.4) is 0 Å². The number of carbonyl (C=O) groups excluding carboxylic acids is 1. The van der Waals surface area contributed by atoms with Gasteiger partial charge in [-0.1, -0.05) is 12.1 Å². The summed E-state index contributed by atoms with van der Waals surface area (Å²) in [5, 5.41) is 13.8. The Hall–Kier alpha value is -3.49. The topological polar surface area (TPSA) is 103 Å². The normalized spacial score (nSPS) is 15.0. The number of likely N-dealkylation sites (N-methyl/N-ethyl adjacent to an activating group) is 1. The predicted molar refractivity (Wildman–Crippen MR) is 97.7 cm³/mol. The molecule has 0 saturated carbocycles. The molecular weight excluding hydrogens is 354 g/mol. The summed E-state index contributed by atoms with van der Waals surface area (Å²) in [6, 6.07) is 11.0. The van der Waals surface area contributed by atoms with Crippen molar-refractivity contribution in [3.63, 3.8) is 0 Å². The van der Waals surface area contributed by atoms with Crippen LogP contribution >= 0.6 is 0 Å². The number of ether oxygens (including phenoxy) is 3. The summed E-state index contributed by atoms with van der Waals surface area (Å²) in [6.45, 7) is 0.557. The van der Waals surface area contributed by atoms with Crippen molar-refractivity contribution in [2.75, 3.05) is 32.6 Å². The van der Waals surface area contributed by atoms with E-state index in [1.807, 2.05) is 18.2 Å². The van der Waals surface area contributed by atoms with E-state index in [1.54, 1.807) is 13.1 Å². The second-order valence-electron chi connectivity index (χ2n) is 5.95. The van der Waals surface area contributed by atoms with Crippen molar-refractivity contribution in [3.8, 4) is 17.2 Å². The van der Waals surface area contributed by atoms with E-state index in [0.717, 1.165) is 0 Å². The summed E-state index contributed by atoms with van der Waals surface area (Å²) >= 11 is 0. The monoisotopic (exact) mass is 373 g/mol. The van der Waals surface area contributed by atoms with Crippen LogP contribution in [0, 0.1) is 10.1 Å². The molecule has 142 valence electrons. The van der Waals surface area contributed by atoms with Crippen LogP contribution in [0.1, 0.15) is 0 Å². The summed E-state index contributed by atoms with van der Waals surface area (Å²) < 4.78 is 16.4. The van der Waals surface area contributed by atoms with E-state index in [0.29, 0.717) is 23.9 Å². The maximum atomic E-state index is 12.4. The summed E-state index contributed by atoms with van der Waals surface area (Å²) in [4.78, 5) is 24.5. The number of rotatable bonds is 5. The van der Waals surface area contributed by atoms with Crippen LogP contribution in [-0.4, -0.2) is 49.3 Å². The van der Waals surface area contributed by atoms with Gasteiger partial charge in [0.1, 0.15) is 18.0 Å². The minimum absolute atomic E-state index is 0.0869. The van der Waals surface area contributed by atoms with E-state index in [2.05, 4.69) is 5.32 Å². The third-order valence-corrected chi connectivity index (χ3v) is 4.03. The average Bonchev–Trinajstić information content (AvgIpc) is 2.67. The van der Waals surface area contributed by atoms with Crippen LogP contribution in [-0.2, 0) is 0 Å². The SMILES string of the molecule is COc1ccc(NC(=O)N(C)C[C@H]2COc3ccccc3O2)c([N+](=O)[O-])c1. The van der Waals surface area contributed by atoms with E-state index >= 15 is 0 Å². The Kier molecular flexibility index (Phi) is 5.30. The van der Waals surface area contributed by atoms with E-state index in [4.69, 9.17) is 14.2 Å². The fourth-order valence-electron chi connectivity index (χ4n) is 2.65. The number of para-hydroxylation sites is 2. The number of benzene rings is 2. The van der Waals surface area contributed by atoms with Crippen molar-refractivity contribution < 1.29 is 23.9 Å². The van der Waals surface area contributed by atoms with Crippen molar-refractivity contribution in [1.29, 1.82) is 0 Å². The molecule has 0 unspecified atom stereocenters. The van der Waals surface area contributed by atoms with Gasteiger partial charge in [-0.2, -0.15) is 0 Å². The van der Waals surface area contributed by atoms with Gasteiger partial charge >= 0.3 is 6.03 Å².